The molecule has 0 aromatic heterocycles. The number of ether oxygens (including phenoxy) is 3. The Morgan fingerprint density at radius 2 is 0.545 bits per heavy atom. The van der Waals surface area contributed by atoms with E-state index in [-0.39, 0.29) is 31.1 Å². The molecule has 0 heterocycles. The van der Waals surface area contributed by atoms with Crippen molar-refractivity contribution < 1.29 is 28.6 Å². The highest BCUT2D eigenvalue weighted by Gasteiger charge is 2.19. The Labute approximate surface area is 410 Å². The molecule has 0 fully saturated rings. The fourth-order valence-corrected chi connectivity index (χ4v) is 8.49. The first-order chi connectivity index (χ1) is 32.5. The lowest BCUT2D eigenvalue weighted by atomic mass is 10.0. The van der Waals surface area contributed by atoms with Gasteiger partial charge in [-0.2, -0.15) is 0 Å². The van der Waals surface area contributed by atoms with E-state index < -0.39 is 6.10 Å². The molecule has 6 nitrogen and oxygen atoms in total. The lowest BCUT2D eigenvalue weighted by molar-refractivity contribution is -0.167. The van der Waals surface area contributed by atoms with Gasteiger partial charge in [0.05, 0.1) is 0 Å². The molecule has 66 heavy (non-hydrogen) atoms. The zero-order valence-electron chi connectivity index (χ0n) is 44.2. The van der Waals surface area contributed by atoms with Crippen LogP contribution < -0.4 is 0 Å². The molecule has 0 spiro atoms. The average Bonchev–Trinajstić information content (AvgIpc) is 3.31. The minimum atomic E-state index is -0.776. The second-order valence-corrected chi connectivity index (χ2v) is 19.6. The van der Waals surface area contributed by atoms with E-state index in [4.69, 9.17) is 14.2 Å². The van der Waals surface area contributed by atoms with Gasteiger partial charge >= 0.3 is 17.9 Å². The number of allylic oxidation sites excluding steroid dienone is 6. The first kappa shape index (κ1) is 63.6. The highest BCUT2D eigenvalue weighted by atomic mass is 16.6. The molecule has 6 heteroatoms. The van der Waals surface area contributed by atoms with Gasteiger partial charge in [-0.3, -0.25) is 14.4 Å². The molecule has 0 aromatic rings. The van der Waals surface area contributed by atoms with Gasteiger partial charge in [-0.05, 0) is 70.6 Å². The molecule has 0 saturated heterocycles. The van der Waals surface area contributed by atoms with Crippen LogP contribution in [0.4, 0.5) is 0 Å². The van der Waals surface area contributed by atoms with Crippen molar-refractivity contribution in [3.63, 3.8) is 0 Å². The number of carbonyl (C=O) groups excluding carboxylic acids is 3. The number of rotatable bonds is 53. The molecule has 0 radical (unpaired) electrons. The van der Waals surface area contributed by atoms with Gasteiger partial charge in [0.2, 0.25) is 0 Å². The third-order valence-electron chi connectivity index (χ3n) is 12.9. The van der Waals surface area contributed by atoms with Gasteiger partial charge in [-0.15, -0.1) is 0 Å². The van der Waals surface area contributed by atoms with E-state index in [0.29, 0.717) is 19.3 Å². The predicted octanol–water partition coefficient (Wildman–Crippen LogP) is 19.3. The van der Waals surface area contributed by atoms with Crippen molar-refractivity contribution in [3.8, 4) is 0 Å². The predicted molar refractivity (Wildman–Crippen MR) is 284 cm³/mol. The van der Waals surface area contributed by atoms with Crippen LogP contribution in [-0.2, 0) is 28.6 Å². The lowest BCUT2D eigenvalue weighted by Crippen LogP contribution is -2.30. The van der Waals surface area contributed by atoms with Crippen molar-refractivity contribution in [1.82, 2.24) is 0 Å². The van der Waals surface area contributed by atoms with Gasteiger partial charge in [0.25, 0.3) is 0 Å². The summed E-state index contributed by atoms with van der Waals surface area (Å²) in [7, 11) is 0. The zero-order valence-corrected chi connectivity index (χ0v) is 44.2. The summed E-state index contributed by atoms with van der Waals surface area (Å²) in [5, 5.41) is 0. The summed E-state index contributed by atoms with van der Waals surface area (Å²) in [6.07, 6.45) is 65.6. The van der Waals surface area contributed by atoms with E-state index in [1.165, 1.54) is 205 Å². The number of esters is 3. The fraction of sp³-hybridized carbons (Fsp3) is 0.850. The maximum absolute atomic E-state index is 12.9. The first-order valence-corrected chi connectivity index (χ1v) is 29.0. The van der Waals surface area contributed by atoms with Gasteiger partial charge in [0, 0.05) is 19.3 Å². The van der Waals surface area contributed by atoms with Crippen molar-refractivity contribution >= 4 is 17.9 Å². The van der Waals surface area contributed by atoms with Crippen LogP contribution in [0.5, 0.6) is 0 Å². The molecule has 1 unspecified atom stereocenters. The summed E-state index contributed by atoms with van der Waals surface area (Å²) in [4.78, 5) is 38.1. The van der Waals surface area contributed by atoms with Crippen molar-refractivity contribution in [2.45, 2.75) is 316 Å². The molecular weight excluding hydrogens is 817 g/mol. The lowest BCUT2D eigenvalue weighted by Gasteiger charge is -2.18. The van der Waals surface area contributed by atoms with E-state index in [1.54, 1.807) is 0 Å². The summed E-state index contributed by atoms with van der Waals surface area (Å²) in [5.41, 5.74) is 0. The van der Waals surface area contributed by atoms with Crippen LogP contribution in [-0.4, -0.2) is 37.2 Å². The van der Waals surface area contributed by atoms with E-state index in [1.807, 2.05) is 0 Å². The monoisotopic (exact) mass is 927 g/mol. The maximum atomic E-state index is 12.9. The second kappa shape index (κ2) is 55.2. The molecular formula is C60H110O6. The summed E-state index contributed by atoms with van der Waals surface area (Å²) < 4.78 is 16.9. The Kier molecular flexibility index (Phi) is 53.2. The largest absolute Gasteiger partial charge is 0.462 e. The molecule has 0 rings (SSSR count). The minimum Gasteiger partial charge on any atom is -0.462 e. The molecule has 386 valence electrons. The molecule has 0 aromatic carbocycles. The van der Waals surface area contributed by atoms with E-state index in [2.05, 4.69) is 57.2 Å². The van der Waals surface area contributed by atoms with Gasteiger partial charge < -0.3 is 14.2 Å². The van der Waals surface area contributed by atoms with Crippen molar-refractivity contribution in [1.29, 1.82) is 0 Å². The van der Waals surface area contributed by atoms with Crippen LogP contribution in [0.15, 0.2) is 36.5 Å². The Balaban J connectivity index is 4.36. The summed E-state index contributed by atoms with van der Waals surface area (Å²) >= 11 is 0. The number of hydrogen-bond donors (Lipinski definition) is 0. The second-order valence-electron chi connectivity index (χ2n) is 19.6. The quantitative estimate of drug-likeness (QED) is 0.0199. The maximum Gasteiger partial charge on any atom is 0.306 e. The van der Waals surface area contributed by atoms with Crippen molar-refractivity contribution in [3.05, 3.63) is 36.5 Å². The molecule has 0 bridgehead atoms. The Hall–Kier alpha value is -2.37. The number of hydrogen-bond acceptors (Lipinski definition) is 6. The SMILES string of the molecule is CCCCC/C=C\C=C/CCCCCCCCC(=O)OCC(COC(=O)CCCCCCCCC/C=C\CCCCCCCC)OC(=O)CCCCCCCCCCCCCCCCCC. The zero-order chi connectivity index (χ0) is 47.9. The number of unbranched alkanes of at least 4 members (excludes halogenated alkanes) is 37. The molecule has 0 aliphatic heterocycles. The van der Waals surface area contributed by atoms with Gasteiger partial charge in [-0.1, -0.05) is 256 Å². The van der Waals surface area contributed by atoms with Crippen LogP contribution in [0.3, 0.4) is 0 Å². The van der Waals surface area contributed by atoms with Crippen LogP contribution in [0.25, 0.3) is 0 Å². The molecule has 0 saturated carbocycles. The highest BCUT2D eigenvalue weighted by Crippen LogP contribution is 2.16. The van der Waals surface area contributed by atoms with E-state index >= 15 is 0 Å². The summed E-state index contributed by atoms with van der Waals surface area (Å²) in [5.74, 6) is -0.873. The normalized spacial score (nSPS) is 12.2. The van der Waals surface area contributed by atoms with Crippen molar-refractivity contribution in [2.75, 3.05) is 13.2 Å². The average molecular weight is 928 g/mol. The Bertz CT molecular complexity index is 1110. The third kappa shape index (κ3) is 52.6. The van der Waals surface area contributed by atoms with E-state index in [9.17, 15) is 14.4 Å². The van der Waals surface area contributed by atoms with Crippen LogP contribution in [0.1, 0.15) is 310 Å². The third-order valence-corrected chi connectivity index (χ3v) is 12.9. The van der Waals surface area contributed by atoms with Gasteiger partial charge in [0.1, 0.15) is 13.2 Å². The standard InChI is InChI=1S/C60H110O6/c1-4-7-10-13-16-19-22-25-28-30-33-35-38-41-44-47-50-53-59(62)65-56-57(55-64-58(61)52-49-46-43-40-37-34-31-27-24-21-18-15-12-9-6-3)66-60(63)54-51-48-45-42-39-36-32-29-26-23-20-17-14-11-8-5-2/h18,21,24-25,27-28,57H,4-17,19-20,22-23,26,29-56H2,1-3H3/b21-18-,27-24-,28-25-. The fourth-order valence-electron chi connectivity index (χ4n) is 8.49. The topological polar surface area (TPSA) is 78.9 Å². The minimum absolute atomic E-state index is 0.0748. The first-order valence-electron chi connectivity index (χ1n) is 29.0. The highest BCUT2D eigenvalue weighted by molar-refractivity contribution is 5.71. The van der Waals surface area contributed by atoms with Gasteiger partial charge in [0.15, 0.2) is 6.10 Å². The Morgan fingerprint density at radius 3 is 0.879 bits per heavy atom. The number of carbonyl (C=O) groups is 3. The van der Waals surface area contributed by atoms with Crippen LogP contribution in [0, 0.1) is 0 Å². The summed E-state index contributed by atoms with van der Waals surface area (Å²) in [6.45, 7) is 6.63. The van der Waals surface area contributed by atoms with Crippen molar-refractivity contribution in [2.24, 2.45) is 0 Å². The van der Waals surface area contributed by atoms with Gasteiger partial charge in [-0.25, -0.2) is 0 Å². The van der Waals surface area contributed by atoms with Crippen LogP contribution in [0.2, 0.25) is 0 Å². The Morgan fingerprint density at radius 1 is 0.303 bits per heavy atom. The molecule has 0 aliphatic carbocycles. The summed E-state index contributed by atoms with van der Waals surface area (Å²) in [6, 6.07) is 0. The molecule has 0 amide bonds. The molecule has 0 N–H and O–H groups in total. The smallest absolute Gasteiger partial charge is 0.306 e. The van der Waals surface area contributed by atoms with E-state index in [0.717, 1.165) is 64.2 Å². The molecule has 0 aliphatic rings. The molecule has 1 atom stereocenters. The van der Waals surface area contributed by atoms with Crippen LogP contribution >= 0.6 is 0 Å².